The third kappa shape index (κ3) is 25.8. The Morgan fingerprint density at radius 2 is 0.743 bits per heavy atom. The Morgan fingerprint density at radius 3 is 1.35 bits per heavy atom. The standard InChI is InChI=1S/2C11H11NO2.2C10H9NO2.C9H5ClFNO2.2C9H6ClNO2.C8H4ClFN2O2.3C8H6N2O2/c1-2-7-3-4-8-6-10(13)11(14)12-9(8)5-7;1-2-7-4-3-5-9-8(7)6-10(13)11(14)12-9;1-6-3-2-4-8-7(6)5-9(12)10(13)11-8;1-11-8-5-3-2-4-7(8)6-9(12)10(11)13;10-8-4-3-7(13)9(14)12-6(4)2-1-5(8)11;10-6-2-1-5-3-8(12)9(13)11-7(5)4-6;10-6-3-1-2-5-4-7(12)9(13)11-8(5)6;9-6-3-1-5(13)8(14)12-7(3)11-2-4(6)10;11-7-3-5-4-9-2-1-6(5)10-8(7)12;11-7-3-5-1-2-9-4-6(5)10-8(7)12;11-6-4-5-2-1-3-9-7(5)10-8(6)12/h2*3-6,13H,2H2,1H3,(H,12,14);2-5,12H,1H3,(H,11,13);2-6,12H,1H3;1-3,13H,(H,12,14);2*1-4,12H,(H,11,13);1-2,13H,(H,11,12,14);2*1-4,11H,(H,10,12);1-4,11H,(H,9,10,12). The van der Waals surface area contributed by atoms with Crippen LogP contribution in [0.15, 0.2) is 308 Å². The maximum Gasteiger partial charge on any atom is 0.292 e. The van der Waals surface area contributed by atoms with E-state index in [0.717, 1.165) is 114 Å². The lowest BCUT2D eigenvalue weighted by Crippen LogP contribution is -2.15. The van der Waals surface area contributed by atoms with Gasteiger partial charge in [-0.2, -0.15) is 0 Å². The first kappa shape index (κ1) is 104. The molecule has 37 nitrogen and oxygen atoms in total. The maximum atomic E-state index is 13.0. The van der Waals surface area contributed by atoms with Crippen LogP contribution in [0, 0.1) is 18.6 Å². The summed E-state index contributed by atoms with van der Waals surface area (Å²) in [5, 5.41) is 109. The summed E-state index contributed by atoms with van der Waals surface area (Å²) < 4.78 is 27.3. The number of aromatic nitrogens is 15. The Balaban J connectivity index is 0.000000141. The number of H-pyrrole nitrogens is 10. The number of rotatable bonds is 2. The average molecular weight is 2030 g/mol. The number of aromatic hydroxyl groups is 11. The zero-order valence-corrected chi connectivity index (χ0v) is 78.1. The van der Waals surface area contributed by atoms with Gasteiger partial charge < -0.3 is 111 Å². The van der Waals surface area contributed by atoms with Crippen LogP contribution in [0.25, 0.3) is 120 Å². The molecule has 0 aliphatic rings. The molecule has 21 N–H and O–H groups in total. The van der Waals surface area contributed by atoms with Crippen LogP contribution in [0.1, 0.15) is 30.5 Å². The fourth-order valence-corrected chi connectivity index (χ4v) is 14.4. The van der Waals surface area contributed by atoms with Crippen molar-refractivity contribution >= 4 is 167 Å². The van der Waals surface area contributed by atoms with Gasteiger partial charge in [-0.25, -0.2) is 18.7 Å². The molecule has 0 fully saturated rings. The van der Waals surface area contributed by atoms with E-state index in [9.17, 15) is 81.9 Å². The molecular formula is C101H79Cl4F2N15O22. The van der Waals surface area contributed by atoms with Gasteiger partial charge in [-0.3, -0.25) is 62.7 Å². The normalized spacial score (nSPS) is 10.5. The fourth-order valence-electron chi connectivity index (χ4n) is 13.5. The number of hydrogen-bond donors (Lipinski definition) is 21. The Morgan fingerprint density at radius 1 is 0.306 bits per heavy atom. The van der Waals surface area contributed by atoms with Gasteiger partial charge in [0.2, 0.25) is 0 Å². The average Bonchev–Trinajstić information content (AvgIpc) is 0.805. The Hall–Kier alpha value is -18.7. The topological polar surface area (TPSA) is 625 Å². The van der Waals surface area contributed by atoms with E-state index < -0.39 is 78.7 Å². The van der Waals surface area contributed by atoms with Crippen LogP contribution in [0.2, 0.25) is 20.1 Å². The van der Waals surface area contributed by atoms with Gasteiger partial charge >= 0.3 is 0 Å². The van der Waals surface area contributed by atoms with E-state index in [-0.39, 0.29) is 83.8 Å². The Labute approximate surface area is 822 Å². The van der Waals surface area contributed by atoms with Crippen LogP contribution in [-0.4, -0.2) is 131 Å². The molecule has 0 unspecified atom stereocenters. The van der Waals surface area contributed by atoms with Crippen LogP contribution in [-0.2, 0) is 19.9 Å². The molecular weight excluding hydrogens is 1960 g/mol. The van der Waals surface area contributed by atoms with Crippen molar-refractivity contribution in [2.45, 2.75) is 33.6 Å². The monoisotopic (exact) mass is 2030 g/mol. The number of para-hydroxylation sites is 2. The van der Waals surface area contributed by atoms with Crippen LogP contribution in [0.4, 0.5) is 8.78 Å². The van der Waals surface area contributed by atoms with Crippen molar-refractivity contribution in [2.75, 3.05) is 0 Å². The van der Waals surface area contributed by atoms with Gasteiger partial charge in [-0.15, -0.1) is 0 Å². The molecule has 0 spiro atoms. The number of aromatic amines is 10. The van der Waals surface area contributed by atoms with Crippen molar-refractivity contribution in [3.8, 4) is 63.2 Å². The van der Waals surface area contributed by atoms with E-state index in [1.165, 1.54) is 77.0 Å². The van der Waals surface area contributed by atoms with E-state index in [1.807, 2.05) is 92.7 Å². The number of benzene rings is 7. The van der Waals surface area contributed by atoms with Gasteiger partial charge in [0.1, 0.15) is 17.1 Å². The molecule has 0 aliphatic carbocycles. The van der Waals surface area contributed by atoms with Crippen LogP contribution < -0.4 is 61.2 Å². The first-order chi connectivity index (χ1) is 68.6. The van der Waals surface area contributed by atoms with Crippen LogP contribution >= 0.6 is 46.4 Å². The van der Waals surface area contributed by atoms with Gasteiger partial charge in [0.05, 0.1) is 60.6 Å². The summed E-state index contributed by atoms with van der Waals surface area (Å²) in [7, 11) is 1.64. The van der Waals surface area contributed by atoms with Gasteiger partial charge in [0, 0.05) is 113 Å². The first-order valence-electron chi connectivity index (χ1n) is 42.2. The highest BCUT2D eigenvalue weighted by Crippen LogP contribution is 2.30. The zero-order valence-electron chi connectivity index (χ0n) is 75.1. The molecule has 15 aromatic heterocycles. The molecule has 0 amide bonds. The second-order valence-corrected chi connectivity index (χ2v) is 32.2. The quantitative estimate of drug-likeness (QED) is 0.0764. The molecule has 15 heterocycles. The zero-order chi connectivity index (χ0) is 104. The van der Waals surface area contributed by atoms with Gasteiger partial charge in [0.25, 0.3) is 61.2 Å². The minimum atomic E-state index is -0.703. The number of nitrogens with one attached hydrogen (secondary N) is 10. The number of aryl methyl sites for hydroxylation is 4. The minimum absolute atomic E-state index is 0.117. The molecule has 0 radical (unpaired) electrons. The van der Waals surface area contributed by atoms with Gasteiger partial charge in [-0.05, 0) is 182 Å². The lowest BCUT2D eigenvalue weighted by Gasteiger charge is -2.04. The minimum Gasteiger partial charge on any atom is -0.503 e. The summed E-state index contributed by atoms with van der Waals surface area (Å²) in [4.78, 5) is 161. The van der Waals surface area contributed by atoms with Crippen molar-refractivity contribution in [1.29, 1.82) is 0 Å². The van der Waals surface area contributed by atoms with E-state index >= 15 is 0 Å². The molecule has 0 bridgehead atoms. The highest BCUT2D eigenvalue weighted by atomic mass is 35.5. The number of halogens is 6. The third-order valence-electron chi connectivity index (χ3n) is 20.9. The number of pyridine rings is 15. The Bertz CT molecular complexity index is 9020. The lowest BCUT2D eigenvalue weighted by molar-refractivity contribution is 0.463. The summed E-state index contributed by atoms with van der Waals surface area (Å²) in [6, 6.07) is 59.4. The molecule has 732 valence electrons. The molecule has 144 heavy (non-hydrogen) atoms. The van der Waals surface area contributed by atoms with E-state index in [0.29, 0.717) is 48.7 Å². The summed E-state index contributed by atoms with van der Waals surface area (Å²) >= 11 is 22.8. The second kappa shape index (κ2) is 46.6. The predicted octanol–water partition coefficient (Wildman–Crippen LogP) is 15.5. The summed E-state index contributed by atoms with van der Waals surface area (Å²) in [6.07, 6.45) is 10.6. The van der Waals surface area contributed by atoms with Crippen LogP contribution in [0.3, 0.4) is 0 Å². The lowest BCUT2D eigenvalue weighted by atomic mass is 10.1. The third-order valence-corrected chi connectivity index (χ3v) is 22.3. The van der Waals surface area contributed by atoms with E-state index in [4.69, 9.17) is 82.1 Å². The fraction of sp³-hybridized carbons (Fsp3) is 0.0594. The van der Waals surface area contributed by atoms with Crippen molar-refractivity contribution in [3.05, 3.63) is 418 Å². The summed E-state index contributed by atoms with van der Waals surface area (Å²) in [6.45, 7) is 6.02. The van der Waals surface area contributed by atoms with Crippen molar-refractivity contribution in [1.82, 2.24) is 74.3 Å². The molecule has 0 saturated heterocycles. The van der Waals surface area contributed by atoms with Crippen molar-refractivity contribution < 1.29 is 65.0 Å². The van der Waals surface area contributed by atoms with Gasteiger partial charge in [-0.1, -0.05) is 133 Å². The first-order valence-corrected chi connectivity index (χ1v) is 43.7. The van der Waals surface area contributed by atoms with Crippen LogP contribution in [0.5, 0.6) is 63.2 Å². The SMILES string of the molecule is CCc1ccc2cc(O)c(=O)[nH]c2c1.CCc1cccc2[nH]c(=O)c(O)cc12.Cc1cccc2[nH]c(=O)c(O)cc12.Cn1c(=O)c(O)cc2ccccc21.O=c1[nH]c2c(Cl)cccc2cc1O.O=c1[nH]c2cc(Cl)ccc2cc1O.O=c1[nH]c2ccc(F)c(Cl)c2cc1O.O=c1[nH]c2ccncc2cc1O.O=c1[nH]c2cnccc2cc1O.O=c1[nH]c2ncc(F)c(Cl)c2cc1O.O=c1[nH]c2ncccc2cc1O. The molecule has 0 saturated carbocycles. The van der Waals surface area contributed by atoms with Gasteiger partial charge in [0.15, 0.2) is 69.1 Å². The molecule has 0 aliphatic heterocycles. The number of hydrogen-bond acceptors (Lipinski definition) is 26. The molecule has 22 rings (SSSR count). The Kier molecular flexibility index (Phi) is 33.7. The largest absolute Gasteiger partial charge is 0.503 e. The molecule has 22 aromatic rings. The van der Waals surface area contributed by atoms with Crippen molar-refractivity contribution in [2.24, 2.45) is 7.05 Å². The summed E-state index contributed by atoms with van der Waals surface area (Å²) in [5.41, 5.74) is 4.40. The number of nitrogens with zero attached hydrogens (tertiary/aromatic N) is 5. The van der Waals surface area contributed by atoms with Crippen molar-refractivity contribution in [3.63, 3.8) is 0 Å². The highest BCUT2D eigenvalue weighted by molar-refractivity contribution is 6.36. The van der Waals surface area contributed by atoms with E-state index in [1.54, 1.807) is 92.5 Å². The highest BCUT2D eigenvalue weighted by Gasteiger charge is 2.14. The molecule has 7 aromatic carbocycles. The van der Waals surface area contributed by atoms with E-state index in [2.05, 4.69) is 76.7 Å². The molecule has 0 atom stereocenters. The second-order valence-electron chi connectivity index (χ2n) is 30.6. The predicted molar refractivity (Wildman–Crippen MR) is 548 cm³/mol. The maximum absolute atomic E-state index is 13.0. The molecule has 43 heteroatoms. The number of fused-ring (bicyclic) bond motifs is 11. The summed E-state index contributed by atoms with van der Waals surface area (Å²) in [5.74, 6) is -4.61. The smallest absolute Gasteiger partial charge is 0.292 e.